The van der Waals surface area contributed by atoms with Crippen LogP contribution in [0.15, 0.2) is 53.2 Å². The Morgan fingerprint density at radius 2 is 1.85 bits per heavy atom. The summed E-state index contributed by atoms with van der Waals surface area (Å²) in [5, 5.41) is 4.35. The van der Waals surface area contributed by atoms with Crippen LogP contribution in [0.3, 0.4) is 0 Å². The van der Waals surface area contributed by atoms with Gasteiger partial charge in [-0.15, -0.1) is 22.7 Å². The van der Waals surface area contributed by atoms with Gasteiger partial charge in [0.15, 0.2) is 5.78 Å². The van der Waals surface area contributed by atoms with E-state index in [0.29, 0.717) is 10.6 Å². The molecule has 1 aliphatic heterocycles. The van der Waals surface area contributed by atoms with Crippen molar-refractivity contribution in [2.75, 3.05) is 0 Å². The van der Waals surface area contributed by atoms with Crippen LogP contribution in [0.4, 0.5) is 0 Å². The molecule has 1 saturated heterocycles. The van der Waals surface area contributed by atoms with Gasteiger partial charge in [-0.25, -0.2) is 0 Å². The first-order valence-corrected chi connectivity index (χ1v) is 13.0. The monoisotopic (exact) mass is 498 g/mol. The Morgan fingerprint density at radius 1 is 1.06 bits per heavy atom. The minimum atomic E-state index is -0.892. The lowest BCUT2D eigenvalue weighted by molar-refractivity contribution is -0.140. The molecule has 2 aliphatic rings. The van der Waals surface area contributed by atoms with Gasteiger partial charge in [0.1, 0.15) is 6.04 Å². The Bertz CT molecular complexity index is 1220. The summed E-state index contributed by atoms with van der Waals surface area (Å²) < 4.78 is 0. The highest BCUT2D eigenvalue weighted by atomic mass is 35.5. The zero-order chi connectivity index (χ0) is 23.3. The highest BCUT2D eigenvalue weighted by molar-refractivity contribution is 7.10. The first-order valence-electron chi connectivity index (χ1n) is 10.9. The zero-order valence-electron chi connectivity index (χ0n) is 17.9. The molecule has 0 bridgehead atoms. The average molecular weight is 499 g/mol. The summed E-state index contributed by atoms with van der Waals surface area (Å²) in [5.41, 5.74) is 7.43. The fraction of sp³-hybridized carbons (Fsp3) is 0.320. The van der Waals surface area contributed by atoms with Crippen molar-refractivity contribution in [1.82, 2.24) is 4.90 Å². The number of Topliss-reactive ketones (excluding diaryl/α,β-unsaturated/α-hetero) is 1. The largest absolute Gasteiger partial charge is 0.368 e. The first-order chi connectivity index (χ1) is 15.9. The van der Waals surface area contributed by atoms with Crippen molar-refractivity contribution in [1.29, 1.82) is 0 Å². The number of carbonyl (C=O) groups is 3. The topological polar surface area (TPSA) is 80.5 Å². The molecule has 1 saturated carbocycles. The van der Waals surface area contributed by atoms with E-state index in [2.05, 4.69) is 0 Å². The summed E-state index contributed by atoms with van der Waals surface area (Å²) in [6.45, 7) is 1.98. The van der Waals surface area contributed by atoms with Crippen molar-refractivity contribution >= 4 is 51.9 Å². The number of thiophene rings is 2. The van der Waals surface area contributed by atoms with E-state index in [1.165, 1.54) is 22.7 Å². The number of ketones is 1. The highest BCUT2D eigenvalue weighted by Crippen LogP contribution is 2.54. The second kappa shape index (κ2) is 8.70. The fourth-order valence-electron chi connectivity index (χ4n) is 4.97. The van der Waals surface area contributed by atoms with Crippen molar-refractivity contribution in [2.45, 2.75) is 37.8 Å². The highest BCUT2D eigenvalue weighted by Gasteiger charge is 2.59. The Morgan fingerprint density at radius 3 is 2.42 bits per heavy atom. The number of nitrogens with two attached hydrogens (primary N) is 1. The SMILES string of the molecule is Cc1ccsc1C1C(C(=O)c2cccc(Cl)c2)C(c2cccs2)C(C(N)=O)N1C(=O)C1CC1. The molecule has 1 aromatic carbocycles. The second-order valence-corrected chi connectivity index (χ2v) is 11.1. The summed E-state index contributed by atoms with van der Waals surface area (Å²) in [6, 6.07) is 11.2. The van der Waals surface area contributed by atoms with Gasteiger partial charge >= 0.3 is 0 Å². The lowest BCUT2D eigenvalue weighted by atomic mass is 9.79. The van der Waals surface area contributed by atoms with Gasteiger partial charge in [-0.3, -0.25) is 14.4 Å². The minimum Gasteiger partial charge on any atom is -0.368 e. The second-order valence-electron chi connectivity index (χ2n) is 8.72. The Hall–Kier alpha value is -2.48. The van der Waals surface area contributed by atoms with Crippen LogP contribution in [0.2, 0.25) is 5.02 Å². The van der Waals surface area contributed by atoms with E-state index < -0.39 is 29.8 Å². The van der Waals surface area contributed by atoms with Crippen LogP contribution in [0.1, 0.15) is 50.5 Å². The average Bonchev–Trinajstić information content (AvgIpc) is 3.17. The van der Waals surface area contributed by atoms with Crippen molar-refractivity contribution in [3.8, 4) is 0 Å². The molecule has 0 radical (unpaired) electrons. The molecule has 170 valence electrons. The molecule has 33 heavy (non-hydrogen) atoms. The number of amides is 2. The zero-order valence-corrected chi connectivity index (χ0v) is 20.3. The molecule has 8 heteroatoms. The third-order valence-electron chi connectivity index (χ3n) is 6.59. The predicted molar refractivity (Wildman–Crippen MR) is 131 cm³/mol. The molecule has 3 heterocycles. The van der Waals surface area contributed by atoms with E-state index in [-0.39, 0.29) is 17.6 Å². The molecule has 5 nitrogen and oxygen atoms in total. The third kappa shape index (κ3) is 3.92. The van der Waals surface area contributed by atoms with Gasteiger partial charge in [0.05, 0.1) is 12.0 Å². The predicted octanol–water partition coefficient (Wildman–Crippen LogP) is 5.20. The summed E-state index contributed by atoms with van der Waals surface area (Å²) >= 11 is 9.21. The van der Waals surface area contributed by atoms with Gasteiger partial charge in [0.25, 0.3) is 0 Å². The Balaban J connectivity index is 1.73. The summed E-state index contributed by atoms with van der Waals surface area (Å²) in [6.07, 6.45) is 1.60. The lowest BCUT2D eigenvalue weighted by Crippen LogP contribution is -2.47. The molecule has 5 rings (SSSR count). The Labute approximate surface area is 205 Å². The van der Waals surface area contributed by atoms with E-state index >= 15 is 0 Å². The molecule has 3 aromatic rings. The molecule has 2 amide bonds. The number of carbonyl (C=O) groups excluding carboxylic acids is 3. The molecular weight excluding hydrogens is 476 g/mol. The van der Waals surface area contributed by atoms with Crippen molar-refractivity contribution in [3.63, 3.8) is 0 Å². The third-order valence-corrected chi connectivity index (χ3v) is 8.89. The number of likely N-dealkylation sites (tertiary alicyclic amines) is 1. The number of halogens is 1. The lowest BCUT2D eigenvalue weighted by Gasteiger charge is -2.30. The molecule has 0 spiro atoms. The maximum absolute atomic E-state index is 14.1. The number of aryl methyl sites for hydroxylation is 1. The number of benzene rings is 1. The first kappa shape index (κ1) is 22.3. The summed E-state index contributed by atoms with van der Waals surface area (Å²) in [5.74, 6) is -2.09. The summed E-state index contributed by atoms with van der Waals surface area (Å²) in [7, 11) is 0. The van der Waals surface area contributed by atoms with Crippen LogP contribution in [-0.4, -0.2) is 28.5 Å². The maximum atomic E-state index is 14.1. The number of primary amides is 1. The molecular formula is C25H23ClN2O3S2. The van der Waals surface area contributed by atoms with Crippen LogP contribution in [0.5, 0.6) is 0 Å². The number of nitrogens with zero attached hydrogens (tertiary/aromatic N) is 1. The van der Waals surface area contributed by atoms with Gasteiger partial charge in [-0.1, -0.05) is 29.8 Å². The quantitative estimate of drug-likeness (QED) is 0.474. The molecule has 2 aromatic heterocycles. The maximum Gasteiger partial charge on any atom is 0.240 e. The summed E-state index contributed by atoms with van der Waals surface area (Å²) in [4.78, 5) is 44.1. The van der Waals surface area contributed by atoms with Gasteiger partial charge < -0.3 is 10.6 Å². The fourth-order valence-corrected chi connectivity index (χ4v) is 7.14. The number of rotatable bonds is 6. The Kier molecular flexibility index (Phi) is 5.89. The van der Waals surface area contributed by atoms with Gasteiger partial charge in [-0.05, 0) is 60.4 Å². The van der Waals surface area contributed by atoms with Gasteiger partial charge in [-0.2, -0.15) is 0 Å². The smallest absolute Gasteiger partial charge is 0.240 e. The molecule has 1 aliphatic carbocycles. The van der Waals surface area contributed by atoms with E-state index in [4.69, 9.17) is 17.3 Å². The standard InChI is InChI=1S/C25H23ClN2O3S2/c1-13-9-11-33-23(13)20-19(22(29)15-4-2-5-16(26)12-15)18(17-6-3-10-32-17)21(24(27)30)28(20)25(31)14-7-8-14/h2-6,9-12,14,18-21H,7-8H2,1H3,(H2,27,30). The van der Waals surface area contributed by atoms with Gasteiger partial charge in [0.2, 0.25) is 11.8 Å². The van der Waals surface area contributed by atoms with E-state index in [1.807, 2.05) is 35.9 Å². The van der Waals surface area contributed by atoms with E-state index in [1.54, 1.807) is 29.2 Å². The molecule has 2 N–H and O–H groups in total. The van der Waals surface area contributed by atoms with Crippen molar-refractivity contribution in [3.05, 3.63) is 79.1 Å². The van der Waals surface area contributed by atoms with E-state index in [0.717, 1.165) is 28.2 Å². The van der Waals surface area contributed by atoms with Crippen LogP contribution >= 0.6 is 34.3 Å². The van der Waals surface area contributed by atoms with E-state index in [9.17, 15) is 14.4 Å². The molecule has 4 unspecified atom stereocenters. The van der Waals surface area contributed by atoms with Crippen LogP contribution in [0.25, 0.3) is 0 Å². The minimum absolute atomic E-state index is 0.0837. The van der Waals surface area contributed by atoms with Crippen LogP contribution < -0.4 is 5.73 Å². The molecule has 4 atom stereocenters. The van der Waals surface area contributed by atoms with Crippen molar-refractivity contribution < 1.29 is 14.4 Å². The normalized spacial score (nSPS) is 24.7. The number of hydrogen-bond donors (Lipinski definition) is 1. The van der Waals surface area contributed by atoms with Crippen LogP contribution in [-0.2, 0) is 9.59 Å². The molecule has 2 fully saturated rings. The number of hydrogen-bond acceptors (Lipinski definition) is 5. The van der Waals surface area contributed by atoms with Gasteiger partial charge in [0, 0.05) is 32.2 Å². The van der Waals surface area contributed by atoms with Crippen LogP contribution in [0, 0.1) is 18.8 Å². The van der Waals surface area contributed by atoms with Crippen molar-refractivity contribution in [2.24, 2.45) is 17.6 Å².